The molecular formula is C23H20BrNO4. The first-order valence-electron chi connectivity index (χ1n) is 9.32. The fraction of sp³-hybridized carbons (Fsp3) is 0.217. The van der Waals surface area contributed by atoms with Crippen LogP contribution in [0.2, 0.25) is 0 Å². The number of methoxy groups -OCH3 is 1. The van der Waals surface area contributed by atoms with Crippen molar-refractivity contribution in [3.05, 3.63) is 93.0 Å². The van der Waals surface area contributed by atoms with Crippen molar-refractivity contribution in [3.63, 3.8) is 0 Å². The highest BCUT2D eigenvalue weighted by Gasteiger charge is 2.43. The maximum Gasteiger partial charge on any atom is 0.340 e. The van der Waals surface area contributed by atoms with Crippen LogP contribution in [0.4, 0.5) is 0 Å². The number of carbonyl (C=O) groups is 2. The molecule has 1 heterocycles. The maximum absolute atomic E-state index is 13.3. The molecule has 0 aromatic heterocycles. The van der Waals surface area contributed by atoms with Crippen LogP contribution in [0.5, 0.6) is 0 Å². The highest BCUT2D eigenvalue weighted by molar-refractivity contribution is 9.10. The van der Waals surface area contributed by atoms with Crippen LogP contribution in [0, 0.1) is 0 Å². The van der Waals surface area contributed by atoms with Gasteiger partial charge in [0, 0.05) is 22.9 Å². The number of halogens is 1. The summed E-state index contributed by atoms with van der Waals surface area (Å²) in [5.41, 5.74) is 8.68. The molecule has 4 rings (SSSR count). The minimum atomic E-state index is -0.608. The molecular weight excluding hydrogens is 434 g/mol. The summed E-state index contributed by atoms with van der Waals surface area (Å²) in [5, 5.41) is 0. The normalized spacial score (nSPS) is 21.5. The zero-order valence-corrected chi connectivity index (χ0v) is 17.4. The van der Waals surface area contributed by atoms with Gasteiger partial charge in [0.1, 0.15) is 11.3 Å². The third-order valence-corrected chi connectivity index (χ3v) is 5.95. The summed E-state index contributed by atoms with van der Waals surface area (Å²) in [5.74, 6) is -0.705. The number of ketones is 1. The standard InChI is InChI=1S/C23H20BrNO4/c1-28-23(27)21-19(14-7-9-16(24)10-8-14)20-17(26)11-15(12-18(20)29-22(21)25)13-5-3-2-4-6-13/h2-10,15,19H,11-12,25H2,1H3/t15-,19-/m1/s1. The molecule has 0 saturated carbocycles. The van der Waals surface area contributed by atoms with Crippen molar-refractivity contribution < 1.29 is 19.1 Å². The lowest BCUT2D eigenvalue weighted by atomic mass is 9.73. The minimum absolute atomic E-state index is 0.00923. The molecule has 0 spiro atoms. The molecule has 0 bridgehead atoms. The molecule has 0 radical (unpaired) electrons. The Labute approximate surface area is 177 Å². The Balaban J connectivity index is 1.81. The lowest BCUT2D eigenvalue weighted by molar-refractivity contribution is -0.136. The number of hydrogen-bond acceptors (Lipinski definition) is 5. The first-order valence-corrected chi connectivity index (χ1v) is 10.1. The maximum atomic E-state index is 13.3. The van der Waals surface area contributed by atoms with Gasteiger partial charge in [0.05, 0.1) is 13.0 Å². The van der Waals surface area contributed by atoms with Gasteiger partial charge in [-0.15, -0.1) is 0 Å². The summed E-state index contributed by atoms with van der Waals surface area (Å²) < 4.78 is 11.7. The summed E-state index contributed by atoms with van der Waals surface area (Å²) >= 11 is 3.42. The van der Waals surface area contributed by atoms with Crippen LogP contribution in [-0.4, -0.2) is 18.9 Å². The van der Waals surface area contributed by atoms with Crippen LogP contribution < -0.4 is 5.73 Å². The summed E-state index contributed by atoms with van der Waals surface area (Å²) in [6.07, 6.45) is 0.904. The van der Waals surface area contributed by atoms with Crippen LogP contribution in [0.3, 0.4) is 0 Å². The van der Waals surface area contributed by atoms with Crippen LogP contribution >= 0.6 is 15.9 Å². The average molecular weight is 454 g/mol. The lowest BCUT2D eigenvalue weighted by Crippen LogP contribution is -2.32. The predicted octanol–water partition coefficient (Wildman–Crippen LogP) is 4.31. The van der Waals surface area contributed by atoms with Crippen molar-refractivity contribution in [1.82, 2.24) is 0 Å². The summed E-state index contributed by atoms with van der Waals surface area (Å²) in [7, 11) is 1.29. The number of benzene rings is 2. The Kier molecular flexibility index (Phi) is 5.28. The molecule has 1 aliphatic carbocycles. The molecule has 2 N–H and O–H groups in total. The molecule has 5 nitrogen and oxygen atoms in total. The number of allylic oxidation sites excluding steroid dienone is 2. The van der Waals surface area contributed by atoms with E-state index >= 15 is 0 Å². The number of ether oxygens (including phenoxy) is 2. The zero-order valence-electron chi connectivity index (χ0n) is 15.9. The Hall–Kier alpha value is -2.86. The first kappa shape index (κ1) is 19.5. The Morgan fingerprint density at radius 2 is 1.76 bits per heavy atom. The van der Waals surface area contributed by atoms with Crippen molar-refractivity contribution in [2.45, 2.75) is 24.7 Å². The fourth-order valence-corrected chi connectivity index (χ4v) is 4.33. The van der Waals surface area contributed by atoms with Gasteiger partial charge in [0.15, 0.2) is 5.78 Å². The molecule has 0 fully saturated rings. The number of esters is 1. The van der Waals surface area contributed by atoms with E-state index in [-0.39, 0.29) is 23.2 Å². The monoisotopic (exact) mass is 453 g/mol. The van der Waals surface area contributed by atoms with Gasteiger partial charge in [0.2, 0.25) is 5.88 Å². The smallest absolute Gasteiger partial charge is 0.340 e. The van der Waals surface area contributed by atoms with Gasteiger partial charge < -0.3 is 15.2 Å². The van der Waals surface area contributed by atoms with Crippen molar-refractivity contribution >= 4 is 27.7 Å². The molecule has 0 unspecified atom stereocenters. The summed E-state index contributed by atoms with van der Waals surface area (Å²) in [4.78, 5) is 25.8. The SMILES string of the molecule is COC(=O)C1=C(N)OC2=C(C(=O)C[C@@H](c3ccccc3)C2)[C@H]1c1ccc(Br)cc1. The van der Waals surface area contributed by atoms with Crippen LogP contribution in [0.15, 0.2) is 81.9 Å². The van der Waals surface area contributed by atoms with Gasteiger partial charge in [-0.25, -0.2) is 4.79 Å². The van der Waals surface area contributed by atoms with E-state index in [0.717, 1.165) is 15.6 Å². The van der Waals surface area contributed by atoms with E-state index < -0.39 is 11.9 Å². The Bertz CT molecular complexity index is 1020. The third-order valence-electron chi connectivity index (χ3n) is 5.42. The molecule has 1 aliphatic heterocycles. The quantitative estimate of drug-likeness (QED) is 0.700. The van der Waals surface area contributed by atoms with E-state index in [0.29, 0.717) is 24.2 Å². The minimum Gasteiger partial charge on any atom is -0.465 e. The molecule has 6 heteroatoms. The number of carbonyl (C=O) groups excluding carboxylic acids is 2. The highest BCUT2D eigenvalue weighted by atomic mass is 79.9. The molecule has 2 aromatic carbocycles. The second kappa shape index (κ2) is 7.87. The molecule has 29 heavy (non-hydrogen) atoms. The molecule has 0 amide bonds. The number of hydrogen-bond donors (Lipinski definition) is 1. The summed E-state index contributed by atoms with van der Waals surface area (Å²) in [6, 6.07) is 17.4. The first-order chi connectivity index (χ1) is 14.0. The number of nitrogens with two attached hydrogens (primary N) is 1. The van der Waals surface area contributed by atoms with Gasteiger partial charge in [0.25, 0.3) is 0 Å². The zero-order chi connectivity index (χ0) is 20.5. The van der Waals surface area contributed by atoms with E-state index in [2.05, 4.69) is 15.9 Å². The van der Waals surface area contributed by atoms with Crippen LogP contribution in [0.25, 0.3) is 0 Å². The topological polar surface area (TPSA) is 78.6 Å². The largest absolute Gasteiger partial charge is 0.465 e. The van der Waals surface area contributed by atoms with Gasteiger partial charge in [-0.3, -0.25) is 4.79 Å². The second-order valence-electron chi connectivity index (χ2n) is 7.13. The van der Waals surface area contributed by atoms with Crippen LogP contribution in [-0.2, 0) is 19.1 Å². The molecule has 2 aromatic rings. The molecule has 2 atom stereocenters. The van der Waals surface area contributed by atoms with Gasteiger partial charge in [-0.05, 0) is 29.2 Å². The molecule has 0 saturated heterocycles. The van der Waals surface area contributed by atoms with Crippen molar-refractivity contribution in [3.8, 4) is 0 Å². The van der Waals surface area contributed by atoms with Gasteiger partial charge in [-0.1, -0.05) is 58.4 Å². The number of Topliss-reactive ketones (excluding diaryl/α,β-unsaturated/α-hetero) is 1. The average Bonchev–Trinajstić information content (AvgIpc) is 2.73. The van der Waals surface area contributed by atoms with Crippen molar-refractivity contribution in [2.24, 2.45) is 5.73 Å². The second-order valence-corrected chi connectivity index (χ2v) is 8.05. The number of rotatable bonds is 3. The van der Waals surface area contributed by atoms with E-state index in [1.165, 1.54) is 7.11 Å². The van der Waals surface area contributed by atoms with Gasteiger partial charge in [-0.2, -0.15) is 0 Å². The lowest BCUT2D eigenvalue weighted by Gasteiger charge is -2.35. The van der Waals surface area contributed by atoms with E-state index in [1.807, 2.05) is 54.6 Å². The third kappa shape index (κ3) is 3.60. The van der Waals surface area contributed by atoms with Crippen LogP contribution in [0.1, 0.15) is 35.8 Å². The molecule has 2 aliphatic rings. The molecule has 148 valence electrons. The van der Waals surface area contributed by atoms with E-state index in [4.69, 9.17) is 15.2 Å². The Morgan fingerprint density at radius 3 is 2.41 bits per heavy atom. The van der Waals surface area contributed by atoms with Crippen molar-refractivity contribution in [1.29, 1.82) is 0 Å². The highest BCUT2D eigenvalue weighted by Crippen LogP contribution is 2.47. The Morgan fingerprint density at radius 1 is 1.07 bits per heavy atom. The van der Waals surface area contributed by atoms with Gasteiger partial charge >= 0.3 is 5.97 Å². The fourth-order valence-electron chi connectivity index (χ4n) is 4.07. The van der Waals surface area contributed by atoms with Crippen molar-refractivity contribution in [2.75, 3.05) is 7.11 Å². The van der Waals surface area contributed by atoms with E-state index in [1.54, 1.807) is 0 Å². The predicted molar refractivity (Wildman–Crippen MR) is 112 cm³/mol. The van der Waals surface area contributed by atoms with E-state index in [9.17, 15) is 9.59 Å². The summed E-state index contributed by atoms with van der Waals surface area (Å²) in [6.45, 7) is 0.